The van der Waals surface area contributed by atoms with Gasteiger partial charge in [0, 0.05) is 13.1 Å². The Morgan fingerprint density at radius 3 is 2.75 bits per heavy atom. The van der Waals surface area contributed by atoms with Gasteiger partial charge in [0.15, 0.2) is 0 Å². The highest BCUT2D eigenvalue weighted by molar-refractivity contribution is 5.86. The molecular weight excluding hydrogens is 262 g/mol. The number of hydrogen-bond donors (Lipinski definition) is 3. The maximum atomic E-state index is 12.3. The van der Waals surface area contributed by atoms with Gasteiger partial charge in [0.25, 0.3) is 0 Å². The second kappa shape index (κ2) is 5.68. The molecule has 0 saturated carbocycles. The van der Waals surface area contributed by atoms with Crippen LogP contribution in [0.15, 0.2) is 0 Å². The van der Waals surface area contributed by atoms with Gasteiger partial charge in [-0.15, -0.1) is 0 Å². The molecule has 0 aliphatic carbocycles. The Morgan fingerprint density at radius 2 is 2.15 bits per heavy atom. The van der Waals surface area contributed by atoms with Crippen LogP contribution in [0, 0.1) is 11.8 Å². The van der Waals surface area contributed by atoms with Gasteiger partial charge in [0.1, 0.15) is 6.04 Å². The number of rotatable bonds is 3. The van der Waals surface area contributed by atoms with E-state index in [-0.39, 0.29) is 23.8 Å². The normalized spacial score (nSPS) is 26.9. The molecule has 3 amide bonds. The summed E-state index contributed by atoms with van der Waals surface area (Å²) in [7, 11) is 0. The number of fused-ring (bicyclic) bond motifs is 1. The largest absolute Gasteiger partial charge is 0.480 e. The van der Waals surface area contributed by atoms with E-state index in [1.165, 1.54) is 0 Å². The lowest BCUT2D eigenvalue weighted by Gasteiger charge is -2.36. The third-order valence-corrected chi connectivity index (χ3v) is 4.07. The SMILES string of the molecule is CC(C)[C@@H](NC(=O)N1CCCC2C(=O)NCC21)C(=O)O. The molecule has 2 fully saturated rings. The first-order valence-electron chi connectivity index (χ1n) is 6.99. The number of hydrogen-bond acceptors (Lipinski definition) is 3. The lowest BCUT2D eigenvalue weighted by atomic mass is 9.92. The average Bonchev–Trinajstić information content (AvgIpc) is 2.77. The molecule has 0 aromatic rings. The molecule has 7 nitrogen and oxygen atoms in total. The van der Waals surface area contributed by atoms with Crippen LogP contribution < -0.4 is 10.6 Å². The standard InChI is InChI=1S/C13H21N3O4/c1-7(2)10(12(18)19)15-13(20)16-5-3-4-8-9(16)6-14-11(8)17/h7-10H,3-6H2,1-2H3,(H,14,17)(H,15,20)(H,18,19)/t8?,9?,10-/m1/s1. The van der Waals surface area contributed by atoms with Crippen molar-refractivity contribution in [3.63, 3.8) is 0 Å². The van der Waals surface area contributed by atoms with Crippen molar-refractivity contribution in [2.45, 2.75) is 38.8 Å². The molecule has 0 spiro atoms. The fraction of sp³-hybridized carbons (Fsp3) is 0.769. The topological polar surface area (TPSA) is 98.7 Å². The number of amides is 3. The van der Waals surface area contributed by atoms with E-state index >= 15 is 0 Å². The molecule has 0 radical (unpaired) electrons. The van der Waals surface area contributed by atoms with Crippen molar-refractivity contribution < 1.29 is 19.5 Å². The number of carboxylic acid groups (broad SMARTS) is 1. The predicted octanol–water partition coefficient (Wildman–Crippen LogP) is 0.0156. The van der Waals surface area contributed by atoms with Gasteiger partial charge in [0.05, 0.1) is 12.0 Å². The van der Waals surface area contributed by atoms with Gasteiger partial charge >= 0.3 is 12.0 Å². The van der Waals surface area contributed by atoms with Crippen molar-refractivity contribution in [1.82, 2.24) is 15.5 Å². The van der Waals surface area contributed by atoms with Crippen molar-refractivity contribution in [3.05, 3.63) is 0 Å². The van der Waals surface area contributed by atoms with Crippen LogP contribution in [-0.4, -0.2) is 53.1 Å². The van der Waals surface area contributed by atoms with E-state index in [4.69, 9.17) is 5.11 Å². The van der Waals surface area contributed by atoms with Crippen LogP contribution in [0.3, 0.4) is 0 Å². The Hall–Kier alpha value is -1.79. The van der Waals surface area contributed by atoms with Gasteiger partial charge in [-0.05, 0) is 18.8 Å². The minimum absolute atomic E-state index is 0.00820. The minimum atomic E-state index is -1.04. The summed E-state index contributed by atoms with van der Waals surface area (Å²) in [5, 5.41) is 14.5. The number of urea groups is 1. The quantitative estimate of drug-likeness (QED) is 0.679. The molecule has 7 heteroatoms. The molecule has 20 heavy (non-hydrogen) atoms. The van der Waals surface area contributed by atoms with E-state index in [0.717, 1.165) is 12.8 Å². The maximum Gasteiger partial charge on any atom is 0.326 e. The molecule has 3 N–H and O–H groups in total. The Labute approximate surface area is 117 Å². The second-order valence-electron chi connectivity index (χ2n) is 5.76. The molecule has 112 valence electrons. The van der Waals surface area contributed by atoms with Gasteiger partial charge in [-0.25, -0.2) is 9.59 Å². The Bertz CT molecular complexity index is 424. The number of carbonyl (C=O) groups is 3. The van der Waals surface area contributed by atoms with Gasteiger partial charge in [-0.1, -0.05) is 13.8 Å². The molecule has 2 unspecified atom stereocenters. The van der Waals surface area contributed by atoms with E-state index < -0.39 is 18.0 Å². The van der Waals surface area contributed by atoms with Crippen LogP contribution in [0.2, 0.25) is 0 Å². The molecule has 2 aliphatic rings. The second-order valence-corrected chi connectivity index (χ2v) is 5.76. The Morgan fingerprint density at radius 1 is 1.45 bits per heavy atom. The molecule has 0 aromatic carbocycles. The van der Waals surface area contributed by atoms with Crippen LogP contribution >= 0.6 is 0 Å². The summed E-state index contributed by atoms with van der Waals surface area (Å²) < 4.78 is 0. The highest BCUT2D eigenvalue weighted by Gasteiger charge is 2.43. The van der Waals surface area contributed by atoms with Crippen LogP contribution in [-0.2, 0) is 9.59 Å². The monoisotopic (exact) mass is 283 g/mol. The summed E-state index contributed by atoms with van der Waals surface area (Å²) in [4.78, 5) is 36.7. The van der Waals surface area contributed by atoms with Crippen LogP contribution in [0.5, 0.6) is 0 Å². The molecule has 2 heterocycles. The Kier molecular flexibility index (Phi) is 4.15. The molecule has 0 aromatic heterocycles. The molecule has 3 atom stereocenters. The lowest BCUT2D eigenvalue weighted by Crippen LogP contribution is -2.56. The number of carboxylic acids is 1. The molecular formula is C13H21N3O4. The zero-order chi connectivity index (χ0) is 14.9. The summed E-state index contributed by atoms with van der Waals surface area (Å²) in [6.45, 7) is 4.51. The average molecular weight is 283 g/mol. The zero-order valence-corrected chi connectivity index (χ0v) is 11.8. The van der Waals surface area contributed by atoms with Gasteiger partial charge in [-0.3, -0.25) is 4.79 Å². The van der Waals surface area contributed by atoms with Crippen LogP contribution in [0.25, 0.3) is 0 Å². The fourth-order valence-electron chi connectivity index (χ4n) is 2.93. The summed E-state index contributed by atoms with van der Waals surface area (Å²) in [5.41, 5.74) is 0. The van der Waals surface area contributed by atoms with E-state index in [9.17, 15) is 14.4 Å². The first kappa shape index (κ1) is 14.6. The summed E-state index contributed by atoms with van der Waals surface area (Å²) in [6, 6.07) is -1.46. The van der Waals surface area contributed by atoms with Crippen LogP contribution in [0.1, 0.15) is 26.7 Å². The number of nitrogens with zero attached hydrogens (tertiary/aromatic N) is 1. The number of aliphatic carboxylic acids is 1. The minimum Gasteiger partial charge on any atom is -0.480 e. The van der Waals surface area contributed by atoms with E-state index in [0.29, 0.717) is 13.1 Å². The smallest absolute Gasteiger partial charge is 0.326 e. The van der Waals surface area contributed by atoms with Crippen molar-refractivity contribution in [3.8, 4) is 0 Å². The van der Waals surface area contributed by atoms with Crippen molar-refractivity contribution in [1.29, 1.82) is 0 Å². The van der Waals surface area contributed by atoms with Crippen molar-refractivity contribution in [2.24, 2.45) is 11.8 Å². The van der Waals surface area contributed by atoms with Gasteiger partial charge in [0.2, 0.25) is 5.91 Å². The highest BCUT2D eigenvalue weighted by Crippen LogP contribution is 2.27. The Balaban J connectivity index is 2.05. The van der Waals surface area contributed by atoms with Crippen LogP contribution in [0.4, 0.5) is 4.79 Å². The number of likely N-dealkylation sites (tertiary alicyclic amines) is 1. The molecule has 2 rings (SSSR count). The molecule has 2 aliphatic heterocycles. The van der Waals surface area contributed by atoms with Gasteiger partial charge in [-0.2, -0.15) is 0 Å². The van der Waals surface area contributed by atoms with E-state index in [1.54, 1.807) is 18.7 Å². The van der Waals surface area contributed by atoms with E-state index in [2.05, 4.69) is 10.6 Å². The third kappa shape index (κ3) is 2.71. The van der Waals surface area contributed by atoms with Gasteiger partial charge < -0.3 is 20.6 Å². The number of nitrogens with one attached hydrogen (secondary N) is 2. The summed E-state index contributed by atoms with van der Waals surface area (Å²) in [6.07, 6.45) is 1.55. The number of carbonyl (C=O) groups excluding carboxylic acids is 2. The van der Waals surface area contributed by atoms with E-state index in [1.807, 2.05) is 0 Å². The summed E-state index contributed by atoms with van der Waals surface area (Å²) in [5.74, 6) is -1.40. The van der Waals surface area contributed by atoms with Crippen molar-refractivity contribution >= 4 is 17.9 Å². The predicted molar refractivity (Wildman–Crippen MR) is 71.0 cm³/mol. The van der Waals surface area contributed by atoms with Crippen molar-refractivity contribution in [2.75, 3.05) is 13.1 Å². The fourth-order valence-corrected chi connectivity index (χ4v) is 2.93. The highest BCUT2D eigenvalue weighted by atomic mass is 16.4. The zero-order valence-electron chi connectivity index (χ0n) is 11.8. The third-order valence-electron chi connectivity index (χ3n) is 4.07. The lowest BCUT2D eigenvalue weighted by molar-refractivity contribution is -0.140. The first-order valence-corrected chi connectivity index (χ1v) is 6.99. The molecule has 2 saturated heterocycles. The maximum absolute atomic E-state index is 12.3. The first-order chi connectivity index (χ1) is 9.41. The molecule has 0 bridgehead atoms. The number of piperidine rings is 1. The summed E-state index contributed by atoms with van der Waals surface area (Å²) >= 11 is 0.